The highest BCUT2D eigenvalue weighted by molar-refractivity contribution is 6.30. The van der Waals surface area contributed by atoms with Crippen LogP contribution in [0.1, 0.15) is 37.3 Å². The number of rotatable bonds is 6. The highest BCUT2D eigenvalue weighted by atomic mass is 35.5. The zero-order chi connectivity index (χ0) is 18.2. The van der Waals surface area contributed by atoms with Gasteiger partial charge in [0.05, 0.1) is 6.21 Å². The summed E-state index contributed by atoms with van der Waals surface area (Å²) in [5.74, 6) is -0.463. The lowest BCUT2D eigenvalue weighted by molar-refractivity contribution is -0.126. The van der Waals surface area contributed by atoms with Gasteiger partial charge in [-0.1, -0.05) is 55.8 Å². The normalized spacial score (nSPS) is 10.9. The predicted octanol–water partition coefficient (Wildman–Crippen LogP) is 3.94. The molecule has 2 rings (SSSR count). The van der Waals surface area contributed by atoms with E-state index in [1.165, 1.54) is 11.8 Å². The molecule has 0 aliphatic heterocycles. The van der Waals surface area contributed by atoms with E-state index in [1.54, 1.807) is 24.3 Å². The maximum absolute atomic E-state index is 11.8. The molecule has 0 fully saturated rings. The lowest BCUT2D eigenvalue weighted by Gasteiger charge is -2.05. The average molecular weight is 358 g/mol. The van der Waals surface area contributed by atoms with Gasteiger partial charge in [0.1, 0.15) is 6.42 Å². The van der Waals surface area contributed by atoms with Crippen molar-refractivity contribution < 1.29 is 9.59 Å². The van der Waals surface area contributed by atoms with E-state index in [4.69, 9.17) is 11.6 Å². The Hall–Kier alpha value is -2.66. The zero-order valence-corrected chi connectivity index (χ0v) is 14.9. The third-order valence-corrected chi connectivity index (χ3v) is 3.67. The van der Waals surface area contributed by atoms with Crippen LogP contribution in [-0.2, 0) is 9.59 Å². The number of hydrogen-bond acceptors (Lipinski definition) is 3. The van der Waals surface area contributed by atoms with Crippen molar-refractivity contribution in [1.82, 2.24) is 5.43 Å². The molecule has 0 saturated heterocycles. The number of carbonyl (C=O) groups is 2. The van der Waals surface area contributed by atoms with E-state index < -0.39 is 11.8 Å². The van der Waals surface area contributed by atoms with Crippen LogP contribution in [0.3, 0.4) is 0 Å². The minimum Gasteiger partial charge on any atom is -0.326 e. The molecule has 2 aromatic rings. The summed E-state index contributed by atoms with van der Waals surface area (Å²) >= 11 is 5.84. The number of halogens is 1. The maximum atomic E-state index is 11.8. The van der Waals surface area contributed by atoms with Gasteiger partial charge in [0.15, 0.2) is 0 Å². The van der Waals surface area contributed by atoms with E-state index >= 15 is 0 Å². The Kier molecular flexibility index (Phi) is 6.71. The molecule has 0 saturated carbocycles. The van der Waals surface area contributed by atoms with Crippen LogP contribution in [0.2, 0.25) is 5.02 Å². The minimum atomic E-state index is -0.491. The van der Waals surface area contributed by atoms with Crippen LogP contribution in [0.4, 0.5) is 5.69 Å². The van der Waals surface area contributed by atoms with Gasteiger partial charge in [-0.2, -0.15) is 5.10 Å². The summed E-state index contributed by atoms with van der Waals surface area (Å²) in [5, 5.41) is 6.98. The molecule has 0 spiro atoms. The molecule has 0 unspecified atom stereocenters. The van der Waals surface area contributed by atoms with Gasteiger partial charge in [0, 0.05) is 10.7 Å². The van der Waals surface area contributed by atoms with Gasteiger partial charge >= 0.3 is 0 Å². The van der Waals surface area contributed by atoms with Gasteiger partial charge in [-0.05, 0) is 35.2 Å². The van der Waals surface area contributed by atoms with Crippen LogP contribution < -0.4 is 10.7 Å². The van der Waals surface area contributed by atoms with Crippen LogP contribution in [0.25, 0.3) is 0 Å². The number of anilines is 1. The summed E-state index contributed by atoms with van der Waals surface area (Å²) in [7, 11) is 0. The van der Waals surface area contributed by atoms with Crippen LogP contribution >= 0.6 is 11.6 Å². The Labute approximate surface area is 152 Å². The Bertz CT molecular complexity index is 770. The molecule has 2 amide bonds. The lowest BCUT2D eigenvalue weighted by Crippen LogP contribution is -2.24. The fourth-order valence-electron chi connectivity index (χ4n) is 2.10. The smallest absolute Gasteiger partial charge is 0.249 e. The molecular weight excluding hydrogens is 338 g/mol. The summed E-state index contributed by atoms with van der Waals surface area (Å²) in [6, 6.07) is 14.6. The van der Waals surface area contributed by atoms with E-state index in [1.807, 2.05) is 24.3 Å². The van der Waals surface area contributed by atoms with Gasteiger partial charge in [-0.25, -0.2) is 5.43 Å². The molecule has 6 heteroatoms. The molecule has 5 nitrogen and oxygen atoms in total. The molecule has 0 heterocycles. The van der Waals surface area contributed by atoms with Crippen molar-refractivity contribution in [2.24, 2.45) is 5.10 Å². The summed E-state index contributed by atoms with van der Waals surface area (Å²) in [5.41, 5.74) is 4.98. The van der Waals surface area contributed by atoms with Crippen molar-refractivity contribution in [2.45, 2.75) is 26.2 Å². The summed E-state index contributed by atoms with van der Waals surface area (Å²) in [4.78, 5) is 23.5. The Morgan fingerprint density at radius 3 is 2.48 bits per heavy atom. The number of nitrogens with zero attached hydrogens (tertiary/aromatic N) is 1. The molecule has 0 aromatic heterocycles. The fraction of sp³-hybridized carbons (Fsp3) is 0.211. The average Bonchev–Trinajstić information content (AvgIpc) is 2.55. The highest BCUT2D eigenvalue weighted by Crippen LogP contribution is 2.15. The molecule has 0 radical (unpaired) electrons. The molecule has 130 valence electrons. The Morgan fingerprint density at radius 2 is 1.84 bits per heavy atom. The summed E-state index contributed by atoms with van der Waals surface area (Å²) in [6.07, 6.45) is 1.22. The fourth-order valence-corrected chi connectivity index (χ4v) is 2.29. The van der Waals surface area contributed by atoms with E-state index in [2.05, 4.69) is 29.7 Å². The number of carbonyl (C=O) groups excluding carboxylic acids is 2. The molecule has 25 heavy (non-hydrogen) atoms. The third-order valence-electron chi connectivity index (χ3n) is 3.44. The first kappa shape index (κ1) is 18.7. The highest BCUT2D eigenvalue weighted by Gasteiger charge is 2.09. The molecular formula is C19H20ClN3O2. The predicted molar refractivity (Wildman–Crippen MR) is 101 cm³/mol. The molecule has 0 aliphatic carbocycles. The van der Waals surface area contributed by atoms with E-state index in [9.17, 15) is 9.59 Å². The number of hydrazone groups is 1. The molecule has 0 aliphatic rings. The first-order chi connectivity index (χ1) is 11.9. The van der Waals surface area contributed by atoms with Crippen molar-refractivity contribution in [3.63, 3.8) is 0 Å². The van der Waals surface area contributed by atoms with Gasteiger partial charge in [-0.3, -0.25) is 9.59 Å². The number of amides is 2. The van der Waals surface area contributed by atoms with Crippen LogP contribution in [0.5, 0.6) is 0 Å². The lowest BCUT2D eigenvalue weighted by atomic mass is 10.0. The second-order valence-corrected chi connectivity index (χ2v) is 6.29. The van der Waals surface area contributed by atoms with E-state index in [0.29, 0.717) is 16.6 Å². The maximum Gasteiger partial charge on any atom is 0.249 e. The van der Waals surface area contributed by atoms with Crippen molar-refractivity contribution in [3.8, 4) is 0 Å². The van der Waals surface area contributed by atoms with Crippen molar-refractivity contribution in [1.29, 1.82) is 0 Å². The number of nitrogens with one attached hydrogen (secondary N) is 2. The van der Waals surface area contributed by atoms with Gasteiger partial charge in [-0.15, -0.1) is 0 Å². The van der Waals surface area contributed by atoms with Gasteiger partial charge in [0.25, 0.3) is 0 Å². The van der Waals surface area contributed by atoms with Crippen molar-refractivity contribution >= 4 is 35.3 Å². The summed E-state index contributed by atoms with van der Waals surface area (Å²) in [6.45, 7) is 4.25. The van der Waals surface area contributed by atoms with Crippen molar-refractivity contribution in [2.75, 3.05) is 5.32 Å². The van der Waals surface area contributed by atoms with Crippen LogP contribution in [-0.4, -0.2) is 18.0 Å². The minimum absolute atomic E-state index is 0.323. The van der Waals surface area contributed by atoms with E-state index in [-0.39, 0.29) is 6.42 Å². The SMILES string of the molecule is CC(C)c1ccc(/C=N\NC(=O)CC(=O)Nc2cccc(Cl)c2)cc1. The first-order valence-electron chi connectivity index (χ1n) is 7.91. The first-order valence-corrected chi connectivity index (χ1v) is 8.29. The van der Waals surface area contributed by atoms with Gasteiger partial charge < -0.3 is 5.32 Å². The summed E-state index contributed by atoms with van der Waals surface area (Å²) < 4.78 is 0. The topological polar surface area (TPSA) is 70.6 Å². The van der Waals surface area contributed by atoms with Crippen molar-refractivity contribution in [3.05, 3.63) is 64.7 Å². The van der Waals surface area contributed by atoms with E-state index in [0.717, 1.165) is 5.56 Å². The van der Waals surface area contributed by atoms with Crippen LogP contribution in [0, 0.1) is 0 Å². The molecule has 0 atom stereocenters. The second kappa shape index (κ2) is 8.99. The molecule has 0 bridgehead atoms. The standard InChI is InChI=1S/C19H20ClN3O2/c1-13(2)15-8-6-14(7-9-15)12-21-23-19(25)11-18(24)22-17-5-3-4-16(20)10-17/h3-10,12-13H,11H2,1-2H3,(H,22,24)(H,23,25)/b21-12-. The Morgan fingerprint density at radius 1 is 1.12 bits per heavy atom. The second-order valence-electron chi connectivity index (χ2n) is 5.85. The molecule has 2 aromatic carbocycles. The quantitative estimate of drug-likeness (QED) is 0.467. The monoisotopic (exact) mass is 357 g/mol. The zero-order valence-electron chi connectivity index (χ0n) is 14.1. The Balaban J connectivity index is 1.80. The number of benzene rings is 2. The number of hydrogen-bond donors (Lipinski definition) is 2. The molecule has 2 N–H and O–H groups in total. The third kappa shape index (κ3) is 6.39. The largest absolute Gasteiger partial charge is 0.326 e. The van der Waals surface area contributed by atoms with Crippen LogP contribution in [0.15, 0.2) is 53.6 Å². The van der Waals surface area contributed by atoms with Gasteiger partial charge in [0.2, 0.25) is 11.8 Å².